The molecule has 158 valence electrons. The van der Waals surface area contributed by atoms with Gasteiger partial charge in [-0.15, -0.1) is 0 Å². The smallest absolute Gasteiger partial charge is 0.323 e. The molecule has 1 atom stereocenters. The van der Waals surface area contributed by atoms with Gasteiger partial charge in [0.25, 0.3) is 0 Å². The summed E-state index contributed by atoms with van der Waals surface area (Å²) in [6.45, 7) is 0.830. The summed E-state index contributed by atoms with van der Waals surface area (Å²) in [5.41, 5.74) is 4.07. The van der Waals surface area contributed by atoms with Crippen LogP contribution in [0, 0.1) is 17.2 Å². The van der Waals surface area contributed by atoms with E-state index in [9.17, 15) is 14.7 Å². The van der Waals surface area contributed by atoms with E-state index in [1.165, 1.54) is 0 Å². The molecular formula is C25H25N3O3. The Kier molecular flexibility index (Phi) is 6.03. The van der Waals surface area contributed by atoms with Crippen molar-refractivity contribution in [1.82, 2.24) is 9.47 Å². The third-order valence-electron chi connectivity index (χ3n) is 6.04. The summed E-state index contributed by atoms with van der Waals surface area (Å²) in [4.78, 5) is 26.7. The minimum atomic E-state index is -0.868. The second-order valence-corrected chi connectivity index (χ2v) is 8.02. The second kappa shape index (κ2) is 9.05. The molecule has 0 spiro atoms. The molecule has 0 saturated heterocycles. The quantitative estimate of drug-likeness (QED) is 0.636. The van der Waals surface area contributed by atoms with Crippen molar-refractivity contribution in [2.45, 2.75) is 38.8 Å². The number of nitrogens with zero attached hydrogens (tertiary/aromatic N) is 3. The highest BCUT2D eigenvalue weighted by Gasteiger charge is 2.32. The fourth-order valence-electron chi connectivity index (χ4n) is 4.64. The molecule has 6 nitrogen and oxygen atoms in total. The maximum Gasteiger partial charge on any atom is 0.323 e. The molecular weight excluding hydrogens is 390 g/mol. The predicted molar refractivity (Wildman–Crippen MR) is 117 cm³/mol. The van der Waals surface area contributed by atoms with E-state index in [4.69, 9.17) is 5.26 Å². The maximum atomic E-state index is 13.5. The molecule has 0 saturated carbocycles. The number of carboxylic acid groups (broad SMARTS) is 1. The molecule has 1 heterocycles. The molecule has 4 rings (SSSR count). The van der Waals surface area contributed by atoms with Gasteiger partial charge in [0.15, 0.2) is 0 Å². The van der Waals surface area contributed by atoms with Crippen molar-refractivity contribution < 1.29 is 14.7 Å². The summed E-state index contributed by atoms with van der Waals surface area (Å²) < 4.78 is 1.88. The molecule has 1 unspecified atom stereocenters. The van der Waals surface area contributed by atoms with Crippen LogP contribution in [0.4, 0.5) is 0 Å². The van der Waals surface area contributed by atoms with Gasteiger partial charge in [0.2, 0.25) is 5.91 Å². The number of benzene rings is 2. The third-order valence-corrected chi connectivity index (χ3v) is 6.04. The number of para-hydroxylation sites is 1. The van der Waals surface area contributed by atoms with Crippen molar-refractivity contribution in [3.8, 4) is 6.07 Å². The molecule has 1 N–H and O–H groups in total. The Bertz CT molecular complexity index is 1140. The van der Waals surface area contributed by atoms with Crippen LogP contribution in [0.3, 0.4) is 0 Å². The Hall–Kier alpha value is -3.59. The number of hydrogen-bond donors (Lipinski definition) is 1. The molecule has 1 aliphatic carbocycles. The van der Waals surface area contributed by atoms with E-state index in [0.717, 1.165) is 27.7 Å². The first-order valence-electron chi connectivity index (χ1n) is 10.6. The normalized spacial score (nSPS) is 15.3. The van der Waals surface area contributed by atoms with E-state index < -0.39 is 5.97 Å². The fourth-order valence-corrected chi connectivity index (χ4v) is 4.64. The number of rotatable bonds is 7. The number of carboxylic acids is 1. The summed E-state index contributed by atoms with van der Waals surface area (Å²) in [6, 6.07) is 19.8. The number of fused-ring (bicyclic) bond motifs is 3. The van der Waals surface area contributed by atoms with Crippen LogP contribution in [0.15, 0.2) is 54.6 Å². The Morgan fingerprint density at radius 2 is 1.87 bits per heavy atom. The number of nitriles is 1. The predicted octanol–water partition coefficient (Wildman–Crippen LogP) is 3.77. The maximum absolute atomic E-state index is 13.5. The van der Waals surface area contributed by atoms with Gasteiger partial charge in [0.1, 0.15) is 6.54 Å². The molecule has 2 aromatic carbocycles. The Balaban J connectivity index is 1.61. The van der Waals surface area contributed by atoms with Crippen LogP contribution in [0.5, 0.6) is 0 Å². The second-order valence-electron chi connectivity index (χ2n) is 8.02. The van der Waals surface area contributed by atoms with Gasteiger partial charge >= 0.3 is 5.97 Å². The fraction of sp³-hybridized carbons (Fsp3) is 0.320. The summed E-state index contributed by atoms with van der Waals surface area (Å²) >= 11 is 0. The van der Waals surface area contributed by atoms with Crippen LogP contribution in [0.25, 0.3) is 10.9 Å². The topological polar surface area (TPSA) is 86.3 Å². The number of aromatic nitrogens is 1. The van der Waals surface area contributed by atoms with E-state index in [2.05, 4.69) is 6.07 Å². The Morgan fingerprint density at radius 1 is 1.13 bits per heavy atom. The first kappa shape index (κ1) is 20.7. The number of hydrogen-bond acceptors (Lipinski definition) is 3. The zero-order chi connectivity index (χ0) is 21.8. The van der Waals surface area contributed by atoms with E-state index in [0.29, 0.717) is 38.8 Å². The SMILES string of the molecule is N#CCCN(Cc1ccccc1)C(=O)C1CCc2c(c3ccccc3n2CC(=O)O)C1. The summed E-state index contributed by atoms with van der Waals surface area (Å²) in [5, 5.41) is 19.5. The number of carbonyl (C=O) groups is 2. The third kappa shape index (κ3) is 4.31. The van der Waals surface area contributed by atoms with Crippen molar-refractivity contribution in [1.29, 1.82) is 5.26 Å². The number of aliphatic carboxylic acids is 1. The van der Waals surface area contributed by atoms with Gasteiger partial charge in [-0.3, -0.25) is 9.59 Å². The highest BCUT2D eigenvalue weighted by atomic mass is 16.4. The number of amides is 1. The molecule has 0 bridgehead atoms. The van der Waals surface area contributed by atoms with Crippen LogP contribution in [-0.2, 0) is 35.5 Å². The van der Waals surface area contributed by atoms with Gasteiger partial charge in [-0.2, -0.15) is 5.26 Å². The van der Waals surface area contributed by atoms with Crippen LogP contribution in [0.2, 0.25) is 0 Å². The number of carbonyl (C=O) groups excluding carboxylic acids is 1. The molecule has 1 aliphatic rings. The van der Waals surface area contributed by atoms with Crippen molar-refractivity contribution in [3.05, 3.63) is 71.4 Å². The first-order chi connectivity index (χ1) is 15.1. The summed E-state index contributed by atoms with van der Waals surface area (Å²) in [6.07, 6.45) is 2.25. The van der Waals surface area contributed by atoms with Gasteiger partial charge in [-0.05, 0) is 36.5 Å². The highest BCUT2D eigenvalue weighted by molar-refractivity contribution is 5.88. The lowest BCUT2D eigenvalue weighted by Gasteiger charge is -2.29. The van der Waals surface area contributed by atoms with Gasteiger partial charge in [0.05, 0.1) is 12.5 Å². The van der Waals surface area contributed by atoms with Crippen LogP contribution < -0.4 is 0 Å². The lowest BCUT2D eigenvalue weighted by molar-refractivity contribution is -0.138. The van der Waals surface area contributed by atoms with Gasteiger partial charge in [-0.1, -0.05) is 48.5 Å². The molecule has 0 fully saturated rings. The molecule has 1 aromatic heterocycles. The van der Waals surface area contributed by atoms with Crippen LogP contribution >= 0.6 is 0 Å². The first-order valence-corrected chi connectivity index (χ1v) is 10.6. The molecule has 0 aliphatic heterocycles. The largest absolute Gasteiger partial charge is 0.480 e. The van der Waals surface area contributed by atoms with Crippen molar-refractivity contribution in [2.24, 2.45) is 5.92 Å². The van der Waals surface area contributed by atoms with Crippen LogP contribution in [0.1, 0.15) is 29.7 Å². The van der Waals surface area contributed by atoms with Gasteiger partial charge in [0, 0.05) is 35.6 Å². The van der Waals surface area contributed by atoms with Crippen molar-refractivity contribution in [3.63, 3.8) is 0 Å². The zero-order valence-corrected chi connectivity index (χ0v) is 17.3. The molecule has 1 amide bonds. The van der Waals surface area contributed by atoms with Gasteiger partial charge in [-0.25, -0.2) is 0 Å². The minimum absolute atomic E-state index is 0.0693. The van der Waals surface area contributed by atoms with Crippen LogP contribution in [-0.4, -0.2) is 33.0 Å². The Morgan fingerprint density at radius 3 is 2.61 bits per heavy atom. The Labute approximate surface area is 181 Å². The average Bonchev–Trinajstić information content (AvgIpc) is 3.09. The lowest BCUT2D eigenvalue weighted by Crippen LogP contribution is -2.38. The van der Waals surface area contributed by atoms with Crippen molar-refractivity contribution >= 4 is 22.8 Å². The standard InChI is InChI=1S/C25H25N3O3/c26-13-6-14-27(16-18-7-2-1-3-8-18)25(31)19-11-12-23-21(15-19)20-9-4-5-10-22(20)28(23)17-24(29)30/h1-5,7-10,19H,6,11-12,14-17H2,(H,29,30). The monoisotopic (exact) mass is 415 g/mol. The van der Waals surface area contributed by atoms with E-state index in [-0.39, 0.29) is 18.4 Å². The lowest BCUT2D eigenvalue weighted by atomic mass is 9.85. The van der Waals surface area contributed by atoms with E-state index in [1.54, 1.807) is 4.90 Å². The van der Waals surface area contributed by atoms with E-state index in [1.807, 2.05) is 59.2 Å². The highest BCUT2D eigenvalue weighted by Crippen LogP contribution is 2.35. The summed E-state index contributed by atoms with van der Waals surface area (Å²) in [5.74, 6) is -0.967. The molecule has 0 radical (unpaired) electrons. The zero-order valence-electron chi connectivity index (χ0n) is 17.3. The molecule has 31 heavy (non-hydrogen) atoms. The van der Waals surface area contributed by atoms with Gasteiger partial charge < -0.3 is 14.6 Å². The molecule has 3 aromatic rings. The van der Waals surface area contributed by atoms with E-state index >= 15 is 0 Å². The van der Waals surface area contributed by atoms with Crippen molar-refractivity contribution in [2.75, 3.05) is 6.54 Å². The minimum Gasteiger partial charge on any atom is -0.480 e. The summed E-state index contributed by atoms with van der Waals surface area (Å²) in [7, 11) is 0. The average molecular weight is 415 g/mol. The molecule has 6 heteroatoms.